The van der Waals surface area contributed by atoms with E-state index in [-0.39, 0.29) is 24.0 Å². The van der Waals surface area contributed by atoms with Gasteiger partial charge in [-0.1, -0.05) is 0 Å². The van der Waals surface area contributed by atoms with Gasteiger partial charge < -0.3 is 24.6 Å². The number of aliphatic imine (C=N–C) groups is 1. The smallest absolute Gasteiger partial charge is 0.193 e. The summed E-state index contributed by atoms with van der Waals surface area (Å²) in [7, 11) is 2.21. The number of ether oxygens (including phenoxy) is 2. The third kappa shape index (κ3) is 8.41. The lowest BCUT2D eigenvalue weighted by Gasteiger charge is -2.37. The SMILES string of the molecule is CCNC(=NCC(C)N1CCN(C)CC1)N1CCC(OCC2CCCCO2)CC1.I. The summed E-state index contributed by atoms with van der Waals surface area (Å²) in [5.41, 5.74) is 0. The van der Waals surface area contributed by atoms with Crippen molar-refractivity contribution in [2.45, 2.75) is 64.2 Å². The zero-order valence-electron chi connectivity index (χ0n) is 19.4. The van der Waals surface area contributed by atoms with Gasteiger partial charge in [-0.15, -0.1) is 24.0 Å². The Bertz CT molecular complexity index is 488. The molecule has 3 rings (SSSR count). The lowest BCUT2D eigenvalue weighted by Crippen LogP contribution is -2.50. The van der Waals surface area contributed by atoms with Gasteiger partial charge in [-0.25, -0.2) is 0 Å². The molecule has 0 aliphatic carbocycles. The van der Waals surface area contributed by atoms with Crippen LogP contribution in [0.1, 0.15) is 46.0 Å². The summed E-state index contributed by atoms with van der Waals surface area (Å²) in [4.78, 5) is 12.4. The Kier molecular flexibility index (Phi) is 12.2. The number of rotatable bonds is 7. The maximum atomic E-state index is 6.17. The van der Waals surface area contributed by atoms with Gasteiger partial charge in [0.1, 0.15) is 0 Å². The maximum Gasteiger partial charge on any atom is 0.193 e. The van der Waals surface area contributed by atoms with E-state index < -0.39 is 0 Å². The summed E-state index contributed by atoms with van der Waals surface area (Å²) in [6.07, 6.45) is 6.47. The van der Waals surface area contributed by atoms with Crippen LogP contribution in [-0.2, 0) is 9.47 Å². The van der Waals surface area contributed by atoms with Crippen LogP contribution in [0.25, 0.3) is 0 Å². The Labute approximate surface area is 200 Å². The second-order valence-corrected chi connectivity index (χ2v) is 8.89. The van der Waals surface area contributed by atoms with E-state index >= 15 is 0 Å². The van der Waals surface area contributed by atoms with E-state index in [9.17, 15) is 0 Å². The van der Waals surface area contributed by atoms with Crippen LogP contribution in [-0.4, -0.2) is 112 Å². The van der Waals surface area contributed by atoms with Crippen molar-refractivity contribution in [1.82, 2.24) is 20.0 Å². The van der Waals surface area contributed by atoms with E-state index in [4.69, 9.17) is 14.5 Å². The highest BCUT2D eigenvalue weighted by molar-refractivity contribution is 14.0. The molecule has 3 aliphatic heterocycles. The van der Waals surface area contributed by atoms with Crippen LogP contribution in [0.3, 0.4) is 0 Å². The molecule has 3 aliphatic rings. The molecular weight excluding hydrogens is 493 g/mol. The molecule has 2 atom stereocenters. The van der Waals surface area contributed by atoms with E-state index in [1.54, 1.807) is 0 Å². The Morgan fingerprint density at radius 3 is 2.47 bits per heavy atom. The third-order valence-corrected chi connectivity index (χ3v) is 6.53. The van der Waals surface area contributed by atoms with Gasteiger partial charge in [-0.3, -0.25) is 9.89 Å². The quantitative estimate of drug-likeness (QED) is 0.306. The molecule has 0 aromatic carbocycles. The first-order chi connectivity index (χ1) is 14.2. The second kappa shape index (κ2) is 14.1. The van der Waals surface area contributed by atoms with Crippen LogP contribution >= 0.6 is 24.0 Å². The Morgan fingerprint density at radius 2 is 1.83 bits per heavy atom. The standard InChI is InChI=1S/C22H43N5O2.HI/c1-4-23-22(24-17-19(2)26-14-12-25(3)13-15-26)27-10-8-20(9-11-27)29-18-21-7-5-6-16-28-21;/h19-21H,4-18H2,1-3H3,(H,23,24);1H. The largest absolute Gasteiger partial charge is 0.376 e. The van der Waals surface area contributed by atoms with Crippen molar-refractivity contribution >= 4 is 29.9 Å². The molecular formula is C22H44IN5O2. The lowest BCUT2D eigenvalue weighted by molar-refractivity contribution is -0.0721. The van der Waals surface area contributed by atoms with Gasteiger partial charge in [0.2, 0.25) is 0 Å². The fraction of sp³-hybridized carbons (Fsp3) is 0.955. The number of likely N-dealkylation sites (tertiary alicyclic amines) is 1. The third-order valence-electron chi connectivity index (χ3n) is 6.53. The van der Waals surface area contributed by atoms with Gasteiger partial charge in [0.15, 0.2) is 5.96 Å². The summed E-state index contributed by atoms with van der Waals surface area (Å²) >= 11 is 0. The highest BCUT2D eigenvalue weighted by Crippen LogP contribution is 2.18. The van der Waals surface area contributed by atoms with Crippen molar-refractivity contribution in [3.8, 4) is 0 Å². The van der Waals surface area contributed by atoms with E-state index in [1.165, 1.54) is 12.8 Å². The van der Waals surface area contributed by atoms with Crippen molar-refractivity contribution in [3.05, 3.63) is 0 Å². The van der Waals surface area contributed by atoms with Crippen LogP contribution in [0.5, 0.6) is 0 Å². The molecule has 0 spiro atoms. The van der Waals surface area contributed by atoms with Gasteiger partial charge in [0.25, 0.3) is 0 Å². The normalized spacial score (nSPS) is 26.3. The first-order valence-corrected chi connectivity index (χ1v) is 11.8. The first-order valence-electron chi connectivity index (χ1n) is 11.8. The molecule has 0 amide bonds. The summed E-state index contributed by atoms with van der Waals surface area (Å²) < 4.78 is 12.0. The highest BCUT2D eigenvalue weighted by atomic mass is 127. The van der Waals surface area contributed by atoms with Crippen molar-refractivity contribution in [2.24, 2.45) is 4.99 Å². The number of nitrogens with zero attached hydrogens (tertiary/aromatic N) is 4. The maximum absolute atomic E-state index is 6.17. The number of likely N-dealkylation sites (N-methyl/N-ethyl adjacent to an activating group) is 1. The molecule has 3 heterocycles. The number of hydrogen-bond acceptors (Lipinski definition) is 5. The number of guanidine groups is 1. The summed E-state index contributed by atoms with van der Waals surface area (Å²) in [6.45, 7) is 14.6. The molecule has 3 fully saturated rings. The average molecular weight is 538 g/mol. The number of hydrogen-bond donors (Lipinski definition) is 1. The summed E-state index contributed by atoms with van der Waals surface area (Å²) in [5.74, 6) is 1.07. The molecule has 8 heteroatoms. The van der Waals surface area contributed by atoms with Crippen LogP contribution in [0, 0.1) is 0 Å². The average Bonchev–Trinajstić information content (AvgIpc) is 2.76. The zero-order chi connectivity index (χ0) is 20.5. The molecule has 176 valence electrons. The van der Waals surface area contributed by atoms with Crippen molar-refractivity contribution < 1.29 is 9.47 Å². The van der Waals surface area contributed by atoms with Gasteiger partial charge >= 0.3 is 0 Å². The molecule has 0 bridgehead atoms. The Morgan fingerprint density at radius 1 is 1.10 bits per heavy atom. The summed E-state index contributed by atoms with van der Waals surface area (Å²) in [6, 6.07) is 0.494. The van der Waals surface area contributed by atoms with Gasteiger partial charge in [0.05, 0.1) is 25.4 Å². The highest BCUT2D eigenvalue weighted by Gasteiger charge is 2.24. The van der Waals surface area contributed by atoms with E-state index in [0.29, 0.717) is 18.2 Å². The van der Waals surface area contributed by atoms with Crippen LogP contribution in [0.4, 0.5) is 0 Å². The number of halogens is 1. The molecule has 1 N–H and O–H groups in total. The van der Waals surface area contributed by atoms with E-state index in [1.807, 2.05) is 0 Å². The number of piperazine rings is 1. The predicted molar refractivity (Wildman–Crippen MR) is 134 cm³/mol. The van der Waals surface area contributed by atoms with Gasteiger partial charge in [0, 0.05) is 58.5 Å². The molecule has 30 heavy (non-hydrogen) atoms. The van der Waals surface area contributed by atoms with Gasteiger partial charge in [-0.2, -0.15) is 0 Å². The summed E-state index contributed by atoms with van der Waals surface area (Å²) in [5, 5.41) is 3.50. The van der Waals surface area contributed by atoms with Crippen molar-refractivity contribution in [3.63, 3.8) is 0 Å². The molecule has 2 unspecified atom stereocenters. The van der Waals surface area contributed by atoms with E-state index in [0.717, 1.165) is 90.8 Å². The number of nitrogens with one attached hydrogen (secondary N) is 1. The lowest BCUT2D eigenvalue weighted by atomic mass is 10.1. The number of piperidine rings is 1. The van der Waals surface area contributed by atoms with E-state index in [2.05, 4.69) is 40.9 Å². The van der Waals surface area contributed by atoms with Crippen LogP contribution < -0.4 is 5.32 Å². The monoisotopic (exact) mass is 537 g/mol. The Hall–Kier alpha value is -0.160. The minimum Gasteiger partial charge on any atom is -0.376 e. The molecule has 0 aromatic heterocycles. The Balaban J connectivity index is 0.00000320. The minimum atomic E-state index is 0. The van der Waals surface area contributed by atoms with Gasteiger partial charge in [-0.05, 0) is 53.0 Å². The minimum absolute atomic E-state index is 0. The fourth-order valence-corrected chi connectivity index (χ4v) is 4.44. The molecule has 3 saturated heterocycles. The van der Waals surface area contributed by atoms with Crippen molar-refractivity contribution in [2.75, 3.05) is 72.6 Å². The topological polar surface area (TPSA) is 52.6 Å². The van der Waals surface area contributed by atoms with Crippen molar-refractivity contribution in [1.29, 1.82) is 0 Å². The first kappa shape index (κ1) is 26.1. The molecule has 0 radical (unpaired) electrons. The molecule has 7 nitrogen and oxygen atoms in total. The fourth-order valence-electron chi connectivity index (χ4n) is 4.44. The zero-order valence-corrected chi connectivity index (χ0v) is 21.7. The molecule has 0 aromatic rings. The predicted octanol–water partition coefficient (Wildman–Crippen LogP) is 2.26. The molecule has 0 saturated carbocycles. The van der Waals surface area contributed by atoms with Crippen LogP contribution in [0.2, 0.25) is 0 Å². The second-order valence-electron chi connectivity index (χ2n) is 8.89. The van der Waals surface area contributed by atoms with Crippen LogP contribution in [0.15, 0.2) is 4.99 Å².